The number of para-hydroxylation sites is 1. The summed E-state index contributed by atoms with van der Waals surface area (Å²) in [4.78, 5) is 20.6. The zero-order chi connectivity index (χ0) is 21.8. The summed E-state index contributed by atoms with van der Waals surface area (Å²) >= 11 is 12.6. The molecule has 0 bridgehead atoms. The van der Waals surface area contributed by atoms with E-state index in [1.54, 1.807) is 18.2 Å². The number of ketones is 1. The zero-order valence-electron chi connectivity index (χ0n) is 17.1. The predicted octanol–water partition coefficient (Wildman–Crippen LogP) is 7.14. The highest BCUT2D eigenvalue weighted by atomic mass is 35.5. The molecule has 0 spiro atoms. The van der Waals surface area contributed by atoms with Crippen LogP contribution in [0.1, 0.15) is 35.7 Å². The van der Waals surface area contributed by atoms with Gasteiger partial charge in [-0.25, -0.2) is 4.98 Å². The fourth-order valence-electron chi connectivity index (χ4n) is 3.62. The number of Topliss-reactive ketones (excluding diaryl/α,β-unsaturated/α-hetero) is 1. The van der Waals surface area contributed by atoms with Gasteiger partial charge in [0.2, 0.25) is 0 Å². The van der Waals surface area contributed by atoms with Crippen molar-refractivity contribution in [3.8, 4) is 17.1 Å². The number of aromatic nitrogens is 2. The van der Waals surface area contributed by atoms with Crippen LogP contribution in [0.15, 0.2) is 60.7 Å². The summed E-state index contributed by atoms with van der Waals surface area (Å²) in [5, 5.41) is 1.05. The molecule has 158 valence electrons. The van der Waals surface area contributed by atoms with Gasteiger partial charge in [0.05, 0.1) is 33.2 Å². The van der Waals surface area contributed by atoms with Gasteiger partial charge in [-0.15, -0.1) is 0 Å². The van der Waals surface area contributed by atoms with Crippen LogP contribution in [0.3, 0.4) is 0 Å². The number of nitrogens with one attached hydrogen (secondary N) is 1. The molecule has 0 atom stereocenters. The third kappa shape index (κ3) is 4.76. The van der Waals surface area contributed by atoms with Crippen molar-refractivity contribution in [2.24, 2.45) is 0 Å². The van der Waals surface area contributed by atoms with E-state index in [0.29, 0.717) is 40.0 Å². The van der Waals surface area contributed by atoms with Gasteiger partial charge in [-0.05, 0) is 61.7 Å². The molecule has 0 radical (unpaired) electrons. The minimum absolute atomic E-state index is 0.0997. The molecule has 0 saturated carbocycles. The Kier molecular flexibility index (Phi) is 6.59. The van der Waals surface area contributed by atoms with Crippen molar-refractivity contribution in [2.45, 2.75) is 26.2 Å². The van der Waals surface area contributed by atoms with E-state index in [-0.39, 0.29) is 5.78 Å². The van der Waals surface area contributed by atoms with Crippen molar-refractivity contribution in [3.63, 3.8) is 0 Å². The number of rotatable bonds is 8. The third-order valence-electron chi connectivity index (χ3n) is 5.13. The summed E-state index contributed by atoms with van der Waals surface area (Å²) in [6.45, 7) is 2.60. The molecule has 1 N–H and O–H groups in total. The number of hydrogen-bond acceptors (Lipinski definition) is 3. The molecule has 31 heavy (non-hydrogen) atoms. The van der Waals surface area contributed by atoms with E-state index in [4.69, 9.17) is 27.9 Å². The predicted molar refractivity (Wildman–Crippen MR) is 126 cm³/mol. The van der Waals surface area contributed by atoms with Gasteiger partial charge in [0, 0.05) is 12.0 Å². The number of ether oxygens (including phenoxy) is 1. The smallest absolute Gasteiger partial charge is 0.162 e. The second kappa shape index (κ2) is 9.54. The van der Waals surface area contributed by atoms with Gasteiger partial charge in [-0.3, -0.25) is 4.79 Å². The molecule has 0 aliphatic heterocycles. The molecule has 1 aromatic heterocycles. The first-order chi connectivity index (χ1) is 15.1. The van der Waals surface area contributed by atoms with Crippen LogP contribution >= 0.6 is 23.2 Å². The Morgan fingerprint density at radius 2 is 1.81 bits per heavy atom. The maximum Gasteiger partial charge on any atom is 0.162 e. The minimum atomic E-state index is 0.0997. The van der Waals surface area contributed by atoms with Gasteiger partial charge in [0.25, 0.3) is 0 Å². The Hall–Kier alpha value is -2.82. The Balaban J connectivity index is 1.48. The number of halogens is 2. The van der Waals surface area contributed by atoms with Crippen LogP contribution in [-0.4, -0.2) is 22.4 Å². The van der Waals surface area contributed by atoms with Crippen molar-refractivity contribution in [1.82, 2.24) is 9.97 Å². The van der Waals surface area contributed by atoms with Gasteiger partial charge in [0.15, 0.2) is 5.78 Å². The lowest BCUT2D eigenvalue weighted by Crippen LogP contribution is -2.01. The van der Waals surface area contributed by atoms with Crippen molar-refractivity contribution in [3.05, 3.63) is 81.8 Å². The molecule has 0 amide bonds. The normalized spacial score (nSPS) is 11.1. The molecule has 0 saturated heterocycles. The van der Waals surface area contributed by atoms with Gasteiger partial charge in [-0.2, -0.15) is 0 Å². The standard InChI is InChI=1S/C25H22Cl2N2O2/c1-2-31-23-12-4-3-7-16(23)8-5-11-22(30)17-13-14-20-21(15-17)29-25(28-20)24-18(26)9-6-10-19(24)27/h3-4,6-7,9-10,12-15H,2,5,8,11H2,1H3,(H,28,29). The summed E-state index contributed by atoms with van der Waals surface area (Å²) in [5.41, 5.74) is 3.98. The first kappa shape index (κ1) is 21.4. The number of carbonyl (C=O) groups is 1. The fourth-order valence-corrected chi connectivity index (χ4v) is 4.19. The molecule has 0 fully saturated rings. The SMILES string of the molecule is CCOc1ccccc1CCCC(=O)c1ccc2nc(-c3c(Cl)cccc3Cl)[nH]c2c1. The number of nitrogens with zero attached hydrogens (tertiary/aromatic N) is 1. The van der Waals surface area contributed by atoms with Crippen LogP contribution in [0.2, 0.25) is 10.0 Å². The molecular weight excluding hydrogens is 431 g/mol. The summed E-state index contributed by atoms with van der Waals surface area (Å²) in [7, 11) is 0. The second-order valence-electron chi connectivity index (χ2n) is 7.23. The van der Waals surface area contributed by atoms with Crippen molar-refractivity contribution in [2.75, 3.05) is 6.61 Å². The van der Waals surface area contributed by atoms with E-state index in [2.05, 4.69) is 9.97 Å². The Morgan fingerprint density at radius 3 is 2.58 bits per heavy atom. The minimum Gasteiger partial charge on any atom is -0.494 e. The molecular formula is C25H22Cl2N2O2. The summed E-state index contributed by atoms with van der Waals surface area (Å²) < 4.78 is 5.67. The molecule has 0 aliphatic carbocycles. The van der Waals surface area contributed by atoms with Gasteiger partial charge in [0.1, 0.15) is 11.6 Å². The number of carbonyl (C=O) groups excluding carboxylic acids is 1. The molecule has 1 heterocycles. The number of imidazole rings is 1. The quantitative estimate of drug-likeness (QED) is 0.289. The highest BCUT2D eigenvalue weighted by molar-refractivity contribution is 6.39. The Bertz CT molecular complexity index is 1210. The lowest BCUT2D eigenvalue weighted by atomic mass is 10.0. The summed E-state index contributed by atoms with van der Waals surface area (Å²) in [5.74, 6) is 1.58. The Labute approximate surface area is 191 Å². The van der Waals surface area contributed by atoms with Crippen molar-refractivity contribution in [1.29, 1.82) is 0 Å². The summed E-state index contributed by atoms with van der Waals surface area (Å²) in [6.07, 6.45) is 2.01. The van der Waals surface area contributed by atoms with Gasteiger partial charge in [-0.1, -0.05) is 47.5 Å². The highest BCUT2D eigenvalue weighted by Gasteiger charge is 2.14. The fraction of sp³-hybridized carbons (Fsp3) is 0.200. The molecule has 4 nitrogen and oxygen atoms in total. The first-order valence-electron chi connectivity index (χ1n) is 10.2. The largest absolute Gasteiger partial charge is 0.494 e. The average molecular weight is 453 g/mol. The molecule has 0 unspecified atom stereocenters. The third-order valence-corrected chi connectivity index (χ3v) is 5.76. The molecule has 6 heteroatoms. The van der Waals surface area contributed by atoms with Crippen LogP contribution in [0, 0.1) is 0 Å². The van der Waals surface area contributed by atoms with Crippen LogP contribution in [0.25, 0.3) is 22.4 Å². The summed E-state index contributed by atoms with van der Waals surface area (Å²) in [6, 6.07) is 18.8. The lowest BCUT2D eigenvalue weighted by molar-refractivity contribution is 0.0980. The average Bonchev–Trinajstić information content (AvgIpc) is 3.17. The van der Waals surface area contributed by atoms with Crippen molar-refractivity contribution >= 4 is 40.0 Å². The van der Waals surface area contributed by atoms with Gasteiger partial charge >= 0.3 is 0 Å². The highest BCUT2D eigenvalue weighted by Crippen LogP contribution is 2.34. The van der Waals surface area contributed by atoms with Gasteiger partial charge < -0.3 is 9.72 Å². The van der Waals surface area contributed by atoms with E-state index in [1.807, 2.05) is 49.4 Å². The monoisotopic (exact) mass is 452 g/mol. The van der Waals surface area contributed by atoms with Crippen LogP contribution in [-0.2, 0) is 6.42 Å². The van der Waals surface area contributed by atoms with E-state index < -0.39 is 0 Å². The van der Waals surface area contributed by atoms with Crippen LogP contribution in [0.4, 0.5) is 0 Å². The number of hydrogen-bond donors (Lipinski definition) is 1. The number of aryl methyl sites for hydroxylation is 1. The molecule has 0 aliphatic rings. The van der Waals surface area contributed by atoms with E-state index in [1.165, 1.54) is 0 Å². The topological polar surface area (TPSA) is 55.0 Å². The molecule has 4 rings (SSSR count). The van der Waals surface area contributed by atoms with E-state index in [0.717, 1.165) is 35.2 Å². The molecule has 4 aromatic rings. The van der Waals surface area contributed by atoms with E-state index in [9.17, 15) is 4.79 Å². The first-order valence-corrected chi connectivity index (χ1v) is 11.0. The van der Waals surface area contributed by atoms with Crippen molar-refractivity contribution < 1.29 is 9.53 Å². The van der Waals surface area contributed by atoms with E-state index >= 15 is 0 Å². The number of aromatic amines is 1. The molecule has 3 aromatic carbocycles. The number of H-pyrrole nitrogens is 1. The lowest BCUT2D eigenvalue weighted by Gasteiger charge is -2.09. The zero-order valence-corrected chi connectivity index (χ0v) is 18.6. The number of benzene rings is 3. The van der Waals surface area contributed by atoms with Crippen LogP contribution < -0.4 is 4.74 Å². The second-order valence-corrected chi connectivity index (χ2v) is 8.05. The number of fused-ring (bicyclic) bond motifs is 1. The van der Waals surface area contributed by atoms with Crippen LogP contribution in [0.5, 0.6) is 5.75 Å². The maximum atomic E-state index is 12.8. The maximum absolute atomic E-state index is 12.8. The Morgan fingerprint density at radius 1 is 1.03 bits per heavy atom.